The van der Waals surface area contributed by atoms with Gasteiger partial charge in [-0.15, -0.1) is 0 Å². The van der Waals surface area contributed by atoms with Gasteiger partial charge < -0.3 is 15.5 Å². The number of ether oxygens (including phenoxy) is 1. The number of nitrogens with zero attached hydrogens (tertiary/aromatic N) is 1. The summed E-state index contributed by atoms with van der Waals surface area (Å²) in [6, 6.07) is 14.8. The molecule has 1 atom stereocenters. The number of fused-ring (bicyclic) bond motifs is 3. The molecule has 25 heavy (non-hydrogen) atoms. The van der Waals surface area contributed by atoms with Crippen molar-refractivity contribution in [3.8, 4) is 11.8 Å². The maximum Gasteiger partial charge on any atom is 0.256 e. The molecule has 0 aliphatic carbocycles. The first-order valence-electron chi connectivity index (χ1n) is 7.58. The number of aromatic nitrogens is 1. The third kappa shape index (κ3) is 2.25. The zero-order valence-corrected chi connectivity index (χ0v) is 12.9. The van der Waals surface area contributed by atoms with E-state index in [2.05, 4.69) is 4.98 Å². The lowest BCUT2D eigenvalue weighted by atomic mass is 9.83. The number of rotatable bonds is 1. The zero-order chi connectivity index (χ0) is 17.6. The van der Waals surface area contributed by atoms with Crippen molar-refractivity contribution in [1.82, 2.24) is 4.98 Å². The summed E-state index contributed by atoms with van der Waals surface area (Å²) in [5.74, 6) is -0.855. The lowest BCUT2D eigenvalue weighted by Gasteiger charge is -2.26. The summed E-state index contributed by atoms with van der Waals surface area (Å²) in [6.07, 6.45) is 0. The number of H-pyrrole nitrogens is 1. The summed E-state index contributed by atoms with van der Waals surface area (Å²) in [6.45, 7) is 0. The van der Waals surface area contributed by atoms with E-state index in [1.165, 1.54) is 24.3 Å². The highest BCUT2D eigenvalue weighted by molar-refractivity contribution is 5.87. The fraction of sp³-hybridized carbons (Fsp3) is 0.0526. The molecular formula is C19H12FN3O2. The molecule has 122 valence electrons. The molecule has 0 amide bonds. The van der Waals surface area contributed by atoms with Crippen molar-refractivity contribution >= 4 is 10.9 Å². The summed E-state index contributed by atoms with van der Waals surface area (Å²) in [7, 11) is 0. The van der Waals surface area contributed by atoms with Crippen LogP contribution < -0.4 is 16.0 Å². The third-order valence-electron chi connectivity index (χ3n) is 4.29. The number of para-hydroxylation sites is 1. The molecule has 1 aliphatic heterocycles. The van der Waals surface area contributed by atoms with Gasteiger partial charge in [-0.1, -0.05) is 24.3 Å². The third-order valence-corrected chi connectivity index (χ3v) is 4.29. The van der Waals surface area contributed by atoms with Gasteiger partial charge in [-0.3, -0.25) is 4.79 Å². The lowest BCUT2D eigenvalue weighted by molar-refractivity contribution is 0.397. The summed E-state index contributed by atoms with van der Waals surface area (Å²) >= 11 is 0. The number of hydrogen-bond donors (Lipinski definition) is 2. The van der Waals surface area contributed by atoms with E-state index in [0.29, 0.717) is 22.2 Å². The SMILES string of the molecule is N#CC1=C(N)Oc2c(c(=O)[nH]c3ccccc23)[C@H]1c1ccc(F)cc1. The molecule has 0 radical (unpaired) electrons. The number of benzene rings is 2. The van der Waals surface area contributed by atoms with Crippen molar-refractivity contribution in [2.24, 2.45) is 5.73 Å². The van der Waals surface area contributed by atoms with Crippen LogP contribution in [0.25, 0.3) is 10.9 Å². The average molecular weight is 333 g/mol. The van der Waals surface area contributed by atoms with Crippen LogP contribution in [0, 0.1) is 17.1 Å². The minimum atomic E-state index is -0.720. The number of nitrogens with one attached hydrogen (secondary N) is 1. The Bertz CT molecular complexity index is 1120. The molecule has 1 aromatic heterocycles. The predicted octanol–water partition coefficient (Wildman–Crippen LogP) is 2.89. The van der Waals surface area contributed by atoms with Crippen LogP contribution in [0.3, 0.4) is 0 Å². The van der Waals surface area contributed by atoms with Crippen molar-refractivity contribution in [3.63, 3.8) is 0 Å². The number of allylic oxidation sites excluding steroid dienone is 1. The minimum Gasteiger partial charge on any atom is -0.439 e. The molecular weight excluding hydrogens is 321 g/mol. The van der Waals surface area contributed by atoms with E-state index in [4.69, 9.17) is 10.5 Å². The first-order chi connectivity index (χ1) is 12.1. The van der Waals surface area contributed by atoms with Gasteiger partial charge in [-0.2, -0.15) is 5.26 Å². The average Bonchev–Trinajstić information content (AvgIpc) is 2.61. The molecule has 0 bridgehead atoms. The van der Waals surface area contributed by atoms with Gasteiger partial charge >= 0.3 is 0 Å². The lowest BCUT2D eigenvalue weighted by Crippen LogP contribution is -2.27. The predicted molar refractivity (Wildman–Crippen MR) is 90.3 cm³/mol. The summed E-state index contributed by atoms with van der Waals surface area (Å²) in [5.41, 5.74) is 7.19. The Morgan fingerprint density at radius 2 is 1.88 bits per heavy atom. The minimum absolute atomic E-state index is 0.0555. The molecule has 1 aliphatic rings. The van der Waals surface area contributed by atoms with Crippen LogP contribution in [0.2, 0.25) is 0 Å². The first-order valence-corrected chi connectivity index (χ1v) is 7.58. The Balaban J connectivity index is 2.08. The normalized spacial score (nSPS) is 16.2. The summed E-state index contributed by atoms with van der Waals surface area (Å²) < 4.78 is 18.9. The molecule has 2 heterocycles. The second-order valence-electron chi connectivity index (χ2n) is 5.72. The van der Waals surface area contributed by atoms with E-state index in [0.717, 1.165) is 0 Å². The van der Waals surface area contributed by atoms with Crippen LogP contribution in [0.15, 0.2) is 64.8 Å². The molecule has 3 N–H and O–H groups in total. The Kier molecular flexibility index (Phi) is 3.29. The van der Waals surface area contributed by atoms with Crippen LogP contribution in [0.5, 0.6) is 5.75 Å². The molecule has 3 aromatic rings. The first kappa shape index (κ1) is 15.0. The molecule has 0 unspecified atom stereocenters. The number of pyridine rings is 1. The highest BCUT2D eigenvalue weighted by atomic mass is 19.1. The quantitative estimate of drug-likeness (QED) is 0.716. The van der Waals surface area contributed by atoms with Gasteiger partial charge in [0.05, 0.1) is 17.0 Å². The van der Waals surface area contributed by atoms with E-state index >= 15 is 0 Å². The van der Waals surface area contributed by atoms with Crippen molar-refractivity contribution in [1.29, 1.82) is 5.26 Å². The van der Waals surface area contributed by atoms with Gasteiger partial charge in [0, 0.05) is 5.39 Å². The summed E-state index contributed by atoms with van der Waals surface area (Å²) in [5, 5.41) is 10.2. The highest BCUT2D eigenvalue weighted by Gasteiger charge is 2.34. The number of halogens is 1. The van der Waals surface area contributed by atoms with E-state index in [1.54, 1.807) is 18.2 Å². The van der Waals surface area contributed by atoms with Crippen molar-refractivity contribution in [3.05, 3.63) is 87.3 Å². The van der Waals surface area contributed by atoms with Crippen LogP contribution in [0.1, 0.15) is 17.0 Å². The Morgan fingerprint density at radius 1 is 1.16 bits per heavy atom. The van der Waals surface area contributed by atoms with Crippen LogP contribution in [0.4, 0.5) is 4.39 Å². The number of nitriles is 1. The Hall–Kier alpha value is -3.59. The monoisotopic (exact) mass is 333 g/mol. The topological polar surface area (TPSA) is 91.9 Å². The van der Waals surface area contributed by atoms with Crippen molar-refractivity contribution < 1.29 is 9.13 Å². The maximum atomic E-state index is 13.3. The van der Waals surface area contributed by atoms with Crippen molar-refractivity contribution in [2.45, 2.75) is 5.92 Å². The molecule has 0 saturated carbocycles. The summed E-state index contributed by atoms with van der Waals surface area (Å²) in [4.78, 5) is 15.5. The number of nitrogens with two attached hydrogens (primary N) is 1. The molecule has 0 saturated heterocycles. The second-order valence-corrected chi connectivity index (χ2v) is 5.72. The number of hydrogen-bond acceptors (Lipinski definition) is 4. The fourth-order valence-electron chi connectivity index (χ4n) is 3.16. The number of aromatic amines is 1. The van der Waals surface area contributed by atoms with Gasteiger partial charge in [0.15, 0.2) is 0 Å². The molecule has 0 spiro atoms. The maximum absolute atomic E-state index is 13.3. The van der Waals surface area contributed by atoms with E-state index < -0.39 is 11.7 Å². The molecule has 0 fully saturated rings. The van der Waals surface area contributed by atoms with E-state index in [9.17, 15) is 14.4 Å². The standard InChI is InChI=1S/C19H12FN3O2/c20-11-7-5-10(6-8-11)15-13(9-21)18(22)25-17-12-3-1-2-4-14(12)23-19(24)16(15)17/h1-8,15H,22H2,(H,23,24)/t15-/m0/s1. The van der Waals surface area contributed by atoms with Crippen LogP contribution in [-0.4, -0.2) is 4.98 Å². The zero-order valence-electron chi connectivity index (χ0n) is 12.9. The van der Waals surface area contributed by atoms with Gasteiger partial charge in [-0.25, -0.2) is 4.39 Å². The largest absolute Gasteiger partial charge is 0.439 e. The van der Waals surface area contributed by atoms with Crippen molar-refractivity contribution in [2.75, 3.05) is 0 Å². The van der Waals surface area contributed by atoms with Gasteiger partial charge in [0.1, 0.15) is 23.2 Å². The van der Waals surface area contributed by atoms with E-state index in [-0.39, 0.29) is 22.6 Å². The fourth-order valence-corrected chi connectivity index (χ4v) is 3.16. The molecule has 2 aromatic carbocycles. The van der Waals surface area contributed by atoms with Gasteiger partial charge in [0.2, 0.25) is 5.88 Å². The molecule has 6 heteroatoms. The smallest absolute Gasteiger partial charge is 0.256 e. The Morgan fingerprint density at radius 3 is 2.60 bits per heavy atom. The van der Waals surface area contributed by atoms with Gasteiger partial charge in [0.25, 0.3) is 5.56 Å². The van der Waals surface area contributed by atoms with E-state index in [1.807, 2.05) is 12.1 Å². The van der Waals surface area contributed by atoms with Crippen LogP contribution in [-0.2, 0) is 0 Å². The molecule has 4 rings (SSSR count). The van der Waals surface area contributed by atoms with Crippen LogP contribution >= 0.6 is 0 Å². The second kappa shape index (κ2) is 5.49. The van der Waals surface area contributed by atoms with Gasteiger partial charge in [-0.05, 0) is 29.8 Å². The molecule has 5 nitrogen and oxygen atoms in total. The highest BCUT2D eigenvalue weighted by Crippen LogP contribution is 2.42. The Labute approximate surface area is 141 Å².